The van der Waals surface area contributed by atoms with Gasteiger partial charge in [0.15, 0.2) is 0 Å². The minimum Gasteiger partial charge on any atom is -0.310 e. The van der Waals surface area contributed by atoms with Crippen molar-refractivity contribution in [2.24, 2.45) is 0 Å². The van der Waals surface area contributed by atoms with Crippen LogP contribution in [0.15, 0.2) is 24.3 Å². The van der Waals surface area contributed by atoms with Crippen molar-refractivity contribution < 1.29 is 8.78 Å². The van der Waals surface area contributed by atoms with E-state index in [2.05, 4.69) is 5.32 Å². The molecule has 1 fully saturated rings. The Labute approximate surface area is 82.1 Å². The second-order valence-electron chi connectivity index (χ2n) is 3.70. The maximum absolute atomic E-state index is 12.3. The Kier molecular flexibility index (Phi) is 2.77. The zero-order valence-corrected chi connectivity index (χ0v) is 7.84. The highest BCUT2D eigenvalue weighted by Crippen LogP contribution is 2.21. The van der Waals surface area contributed by atoms with Crippen molar-refractivity contribution in [2.45, 2.75) is 31.9 Å². The van der Waals surface area contributed by atoms with Crippen LogP contribution in [0.1, 0.15) is 30.4 Å². The molecule has 1 aromatic rings. The van der Waals surface area contributed by atoms with Gasteiger partial charge in [0.25, 0.3) is 6.43 Å². The average molecular weight is 197 g/mol. The quantitative estimate of drug-likeness (QED) is 0.782. The lowest BCUT2D eigenvalue weighted by Gasteiger charge is -2.05. The van der Waals surface area contributed by atoms with Crippen LogP contribution in [-0.2, 0) is 6.54 Å². The van der Waals surface area contributed by atoms with Crippen LogP contribution in [0.25, 0.3) is 0 Å². The fourth-order valence-corrected chi connectivity index (χ4v) is 1.39. The highest BCUT2D eigenvalue weighted by Gasteiger charge is 2.20. The highest BCUT2D eigenvalue weighted by atomic mass is 19.3. The molecule has 3 heteroatoms. The zero-order chi connectivity index (χ0) is 9.97. The van der Waals surface area contributed by atoms with Crippen molar-refractivity contribution in [2.75, 3.05) is 0 Å². The summed E-state index contributed by atoms with van der Waals surface area (Å²) in [5.41, 5.74) is 1.05. The summed E-state index contributed by atoms with van der Waals surface area (Å²) in [6.45, 7) is 0.700. The van der Waals surface area contributed by atoms with Crippen molar-refractivity contribution in [3.8, 4) is 0 Å². The number of halogens is 2. The van der Waals surface area contributed by atoms with Gasteiger partial charge in [-0.25, -0.2) is 8.78 Å². The third kappa shape index (κ3) is 2.51. The van der Waals surface area contributed by atoms with E-state index in [9.17, 15) is 8.78 Å². The molecular weight excluding hydrogens is 184 g/mol. The van der Waals surface area contributed by atoms with Crippen molar-refractivity contribution >= 4 is 0 Å². The van der Waals surface area contributed by atoms with E-state index in [1.807, 2.05) is 6.07 Å². The molecule has 0 heterocycles. The van der Waals surface area contributed by atoms with Crippen molar-refractivity contribution in [3.63, 3.8) is 0 Å². The molecule has 0 atom stereocenters. The first-order valence-electron chi connectivity index (χ1n) is 4.86. The third-order valence-corrected chi connectivity index (χ3v) is 2.38. The molecule has 0 aliphatic heterocycles. The van der Waals surface area contributed by atoms with E-state index in [1.165, 1.54) is 18.9 Å². The molecule has 0 unspecified atom stereocenters. The Balaban J connectivity index is 1.97. The van der Waals surface area contributed by atoms with E-state index >= 15 is 0 Å². The molecule has 0 aromatic heterocycles. The first-order valence-corrected chi connectivity index (χ1v) is 4.86. The van der Waals surface area contributed by atoms with Crippen LogP contribution in [0, 0.1) is 0 Å². The van der Waals surface area contributed by atoms with Gasteiger partial charge in [0.1, 0.15) is 0 Å². The predicted octanol–water partition coefficient (Wildman–Crippen LogP) is 2.88. The molecule has 1 N–H and O–H groups in total. The molecule has 1 saturated carbocycles. The predicted molar refractivity (Wildman–Crippen MR) is 51.3 cm³/mol. The lowest BCUT2D eigenvalue weighted by molar-refractivity contribution is 0.151. The highest BCUT2D eigenvalue weighted by molar-refractivity contribution is 5.24. The summed E-state index contributed by atoms with van der Waals surface area (Å²) >= 11 is 0. The number of hydrogen-bond acceptors (Lipinski definition) is 1. The first kappa shape index (κ1) is 9.59. The molecule has 1 aliphatic rings. The summed E-state index contributed by atoms with van der Waals surface area (Å²) in [6, 6.07) is 7.21. The van der Waals surface area contributed by atoms with Crippen LogP contribution in [0.4, 0.5) is 8.78 Å². The minimum absolute atomic E-state index is 0.111. The Morgan fingerprint density at radius 2 is 2.14 bits per heavy atom. The summed E-state index contributed by atoms with van der Waals surface area (Å²) in [6.07, 6.45) is 0.0687. The lowest BCUT2D eigenvalue weighted by Crippen LogP contribution is -2.15. The van der Waals surface area contributed by atoms with Gasteiger partial charge >= 0.3 is 0 Å². The van der Waals surface area contributed by atoms with Crippen molar-refractivity contribution in [1.82, 2.24) is 5.32 Å². The molecular formula is C11H13F2N. The second kappa shape index (κ2) is 4.05. The third-order valence-electron chi connectivity index (χ3n) is 2.38. The monoisotopic (exact) mass is 197 g/mol. The standard InChI is InChI=1S/C11H13F2N/c12-11(13)9-3-1-2-8(6-9)7-14-10-4-5-10/h1-3,6,10-11,14H,4-5,7H2. The molecule has 1 nitrogen and oxygen atoms in total. The van der Waals surface area contributed by atoms with Crippen LogP contribution >= 0.6 is 0 Å². The topological polar surface area (TPSA) is 12.0 Å². The molecule has 1 aliphatic carbocycles. The van der Waals surface area contributed by atoms with E-state index in [1.54, 1.807) is 12.1 Å². The Morgan fingerprint density at radius 1 is 1.36 bits per heavy atom. The molecule has 14 heavy (non-hydrogen) atoms. The van der Waals surface area contributed by atoms with Gasteiger partial charge in [0.05, 0.1) is 0 Å². The van der Waals surface area contributed by atoms with E-state index < -0.39 is 6.43 Å². The fourth-order valence-electron chi connectivity index (χ4n) is 1.39. The molecule has 0 spiro atoms. The normalized spacial score (nSPS) is 16.2. The van der Waals surface area contributed by atoms with Gasteiger partial charge in [-0.05, 0) is 24.5 Å². The Bertz CT molecular complexity index is 308. The number of nitrogens with one attached hydrogen (secondary N) is 1. The summed E-state index contributed by atoms with van der Waals surface area (Å²) in [4.78, 5) is 0. The van der Waals surface area contributed by atoms with Crippen LogP contribution in [0.2, 0.25) is 0 Å². The van der Waals surface area contributed by atoms with Gasteiger partial charge < -0.3 is 5.32 Å². The molecule has 0 amide bonds. The van der Waals surface area contributed by atoms with Gasteiger partial charge in [-0.15, -0.1) is 0 Å². The van der Waals surface area contributed by atoms with Crippen molar-refractivity contribution in [3.05, 3.63) is 35.4 Å². The van der Waals surface area contributed by atoms with Crippen LogP contribution in [0.3, 0.4) is 0 Å². The molecule has 0 radical (unpaired) electrons. The number of hydrogen-bond donors (Lipinski definition) is 1. The van der Waals surface area contributed by atoms with E-state index in [0.29, 0.717) is 12.6 Å². The minimum atomic E-state index is -2.36. The lowest BCUT2D eigenvalue weighted by atomic mass is 10.1. The van der Waals surface area contributed by atoms with Crippen LogP contribution in [-0.4, -0.2) is 6.04 Å². The Morgan fingerprint density at radius 3 is 2.79 bits per heavy atom. The van der Waals surface area contributed by atoms with Gasteiger partial charge in [0.2, 0.25) is 0 Å². The van der Waals surface area contributed by atoms with E-state index in [-0.39, 0.29) is 5.56 Å². The van der Waals surface area contributed by atoms with Gasteiger partial charge in [-0.1, -0.05) is 18.2 Å². The molecule has 0 bridgehead atoms. The first-order chi connectivity index (χ1) is 6.75. The smallest absolute Gasteiger partial charge is 0.263 e. The summed E-state index contributed by atoms with van der Waals surface area (Å²) in [5.74, 6) is 0. The summed E-state index contributed by atoms with van der Waals surface area (Å²) < 4.78 is 24.7. The van der Waals surface area contributed by atoms with Gasteiger partial charge in [-0.2, -0.15) is 0 Å². The fraction of sp³-hybridized carbons (Fsp3) is 0.455. The van der Waals surface area contributed by atoms with E-state index in [4.69, 9.17) is 0 Å². The molecule has 1 aromatic carbocycles. The molecule has 2 rings (SSSR count). The Hall–Kier alpha value is -0.960. The zero-order valence-electron chi connectivity index (χ0n) is 7.84. The maximum Gasteiger partial charge on any atom is 0.263 e. The SMILES string of the molecule is FC(F)c1cccc(CNC2CC2)c1. The number of alkyl halides is 2. The summed E-state index contributed by atoms with van der Waals surface area (Å²) in [7, 11) is 0. The van der Waals surface area contributed by atoms with E-state index in [0.717, 1.165) is 5.56 Å². The molecule has 0 saturated heterocycles. The van der Waals surface area contributed by atoms with Crippen LogP contribution < -0.4 is 5.32 Å². The van der Waals surface area contributed by atoms with Gasteiger partial charge in [0, 0.05) is 18.2 Å². The maximum atomic E-state index is 12.3. The largest absolute Gasteiger partial charge is 0.310 e. The van der Waals surface area contributed by atoms with Crippen molar-refractivity contribution in [1.29, 1.82) is 0 Å². The number of benzene rings is 1. The van der Waals surface area contributed by atoms with Gasteiger partial charge in [-0.3, -0.25) is 0 Å². The second-order valence-corrected chi connectivity index (χ2v) is 3.70. The van der Waals surface area contributed by atoms with Crippen LogP contribution in [0.5, 0.6) is 0 Å². The average Bonchev–Trinajstić information content (AvgIpc) is 2.99. The summed E-state index contributed by atoms with van der Waals surface area (Å²) in [5, 5.41) is 3.29. The number of rotatable bonds is 4. The molecule has 76 valence electrons.